The SMILES string of the molecule is COCC(N)c1cc(C)cc2c1OCCC2NC(=O)C(C)C. The van der Waals surface area contributed by atoms with Gasteiger partial charge in [-0.15, -0.1) is 0 Å². The molecule has 1 aromatic rings. The number of benzene rings is 1. The molecular weight excluding hydrogens is 280 g/mol. The van der Waals surface area contributed by atoms with E-state index in [0.29, 0.717) is 13.2 Å². The average Bonchev–Trinajstić information content (AvgIpc) is 2.47. The molecule has 0 radical (unpaired) electrons. The lowest BCUT2D eigenvalue weighted by molar-refractivity contribution is -0.124. The fourth-order valence-electron chi connectivity index (χ4n) is 2.72. The molecule has 2 atom stereocenters. The second-order valence-electron chi connectivity index (χ2n) is 6.19. The predicted molar refractivity (Wildman–Crippen MR) is 85.8 cm³/mol. The van der Waals surface area contributed by atoms with E-state index in [1.54, 1.807) is 7.11 Å². The molecule has 0 aliphatic carbocycles. The number of fused-ring (bicyclic) bond motifs is 1. The fourth-order valence-corrected chi connectivity index (χ4v) is 2.72. The van der Waals surface area contributed by atoms with Crippen LogP contribution in [0, 0.1) is 12.8 Å². The van der Waals surface area contributed by atoms with Crippen molar-refractivity contribution in [1.82, 2.24) is 5.32 Å². The quantitative estimate of drug-likeness (QED) is 0.875. The standard InChI is InChI=1S/C17H26N2O3/c1-10(2)17(20)19-15-5-6-22-16-12(14(18)9-21-4)7-11(3)8-13(15)16/h7-8,10,14-15H,5-6,9,18H2,1-4H3,(H,19,20). The maximum Gasteiger partial charge on any atom is 0.223 e. The van der Waals surface area contributed by atoms with Crippen molar-refractivity contribution in [1.29, 1.82) is 0 Å². The van der Waals surface area contributed by atoms with E-state index in [1.807, 2.05) is 26.8 Å². The lowest BCUT2D eigenvalue weighted by Gasteiger charge is -2.30. The van der Waals surface area contributed by atoms with Crippen molar-refractivity contribution < 1.29 is 14.3 Å². The van der Waals surface area contributed by atoms with E-state index in [-0.39, 0.29) is 23.9 Å². The summed E-state index contributed by atoms with van der Waals surface area (Å²) in [6, 6.07) is 3.85. The van der Waals surface area contributed by atoms with Crippen LogP contribution < -0.4 is 15.8 Å². The van der Waals surface area contributed by atoms with Crippen LogP contribution in [-0.2, 0) is 9.53 Å². The van der Waals surface area contributed by atoms with Crippen molar-refractivity contribution in [3.8, 4) is 5.75 Å². The molecule has 0 aromatic heterocycles. The zero-order valence-corrected chi connectivity index (χ0v) is 13.8. The summed E-state index contributed by atoms with van der Waals surface area (Å²) >= 11 is 0. The number of methoxy groups -OCH3 is 1. The molecule has 0 bridgehead atoms. The highest BCUT2D eigenvalue weighted by Crippen LogP contribution is 2.38. The van der Waals surface area contributed by atoms with Gasteiger partial charge in [-0.25, -0.2) is 0 Å². The minimum Gasteiger partial charge on any atom is -0.493 e. The summed E-state index contributed by atoms with van der Waals surface area (Å²) in [5.74, 6) is 0.823. The Morgan fingerprint density at radius 3 is 2.86 bits per heavy atom. The van der Waals surface area contributed by atoms with Crippen LogP contribution in [0.5, 0.6) is 5.75 Å². The molecule has 0 saturated carbocycles. The number of carbonyl (C=O) groups excluding carboxylic acids is 1. The molecule has 3 N–H and O–H groups in total. The molecule has 2 unspecified atom stereocenters. The first kappa shape index (κ1) is 16.8. The van der Waals surface area contributed by atoms with Gasteiger partial charge in [-0.1, -0.05) is 31.5 Å². The van der Waals surface area contributed by atoms with E-state index in [4.69, 9.17) is 15.2 Å². The van der Waals surface area contributed by atoms with Crippen molar-refractivity contribution in [2.45, 2.75) is 39.3 Å². The molecule has 1 aromatic carbocycles. The fraction of sp³-hybridized carbons (Fsp3) is 0.588. The molecule has 0 fully saturated rings. The van der Waals surface area contributed by atoms with E-state index in [0.717, 1.165) is 28.9 Å². The first-order valence-electron chi connectivity index (χ1n) is 7.76. The molecule has 1 aliphatic heterocycles. The van der Waals surface area contributed by atoms with Crippen LogP contribution in [0.2, 0.25) is 0 Å². The highest BCUT2D eigenvalue weighted by Gasteiger charge is 2.27. The minimum atomic E-state index is -0.238. The number of aryl methyl sites for hydroxylation is 1. The van der Waals surface area contributed by atoms with Gasteiger partial charge in [-0.05, 0) is 6.92 Å². The van der Waals surface area contributed by atoms with Crippen LogP contribution in [0.4, 0.5) is 0 Å². The molecule has 22 heavy (non-hydrogen) atoms. The number of amides is 1. The van der Waals surface area contributed by atoms with Gasteiger partial charge in [0.05, 0.1) is 25.3 Å². The predicted octanol–water partition coefficient (Wildman–Crippen LogP) is 2.24. The Hall–Kier alpha value is -1.59. The summed E-state index contributed by atoms with van der Waals surface area (Å²) in [5.41, 5.74) is 9.27. The van der Waals surface area contributed by atoms with Gasteiger partial charge in [0.25, 0.3) is 0 Å². The van der Waals surface area contributed by atoms with Crippen LogP contribution in [0.3, 0.4) is 0 Å². The molecule has 1 heterocycles. The second kappa shape index (κ2) is 7.11. The van der Waals surface area contributed by atoms with Gasteiger partial charge in [0.2, 0.25) is 5.91 Å². The molecule has 122 valence electrons. The van der Waals surface area contributed by atoms with Crippen molar-refractivity contribution in [3.63, 3.8) is 0 Å². The highest BCUT2D eigenvalue weighted by molar-refractivity contribution is 5.78. The Kier molecular flexibility index (Phi) is 5.42. The van der Waals surface area contributed by atoms with Gasteiger partial charge >= 0.3 is 0 Å². The zero-order valence-electron chi connectivity index (χ0n) is 13.8. The molecule has 0 saturated heterocycles. The molecule has 5 nitrogen and oxygen atoms in total. The van der Waals surface area contributed by atoms with Gasteiger partial charge in [0.1, 0.15) is 5.75 Å². The Morgan fingerprint density at radius 1 is 1.50 bits per heavy atom. The molecule has 1 aliphatic rings. The third kappa shape index (κ3) is 3.59. The first-order chi connectivity index (χ1) is 10.4. The third-order valence-electron chi connectivity index (χ3n) is 3.91. The molecule has 1 amide bonds. The van der Waals surface area contributed by atoms with Crippen molar-refractivity contribution in [3.05, 3.63) is 28.8 Å². The third-order valence-corrected chi connectivity index (χ3v) is 3.91. The lowest BCUT2D eigenvalue weighted by Crippen LogP contribution is -2.35. The number of carbonyl (C=O) groups is 1. The Labute approximate surface area is 132 Å². The number of hydrogen-bond acceptors (Lipinski definition) is 4. The van der Waals surface area contributed by atoms with E-state index >= 15 is 0 Å². The summed E-state index contributed by atoms with van der Waals surface area (Å²) in [7, 11) is 1.63. The van der Waals surface area contributed by atoms with Crippen LogP contribution in [0.15, 0.2) is 12.1 Å². The summed E-state index contributed by atoms with van der Waals surface area (Å²) in [5, 5.41) is 3.11. The van der Waals surface area contributed by atoms with Crippen LogP contribution in [-0.4, -0.2) is 26.2 Å². The summed E-state index contributed by atoms with van der Waals surface area (Å²) < 4.78 is 11.0. The van der Waals surface area contributed by atoms with Crippen LogP contribution in [0.25, 0.3) is 0 Å². The minimum absolute atomic E-state index is 0.0213. The molecule has 5 heteroatoms. The maximum atomic E-state index is 12.0. The van der Waals surface area contributed by atoms with Gasteiger partial charge in [-0.3, -0.25) is 4.79 Å². The number of ether oxygens (including phenoxy) is 2. The Balaban J connectivity index is 2.36. The number of nitrogens with one attached hydrogen (secondary N) is 1. The van der Waals surface area contributed by atoms with E-state index in [9.17, 15) is 4.79 Å². The Bertz CT molecular complexity index is 543. The Morgan fingerprint density at radius 2 is 2.23 bits per heavy atom. The summed E-state index contributed by atoms with van der Waals surface area (Å²) in [6.45, 7) is 6.82. The largest absolute Gasteiger partial charge is 0.493 e. The maximum absolute atomic E-state index is 12.0. The normalized spacial score (nSPS) is 18.5. The van der Waals surface area contributed by atoms with Crippen molar-refractivity contribution in [2.75, 3.05) is 20.3 Å². The first-order valence-corrected chi connectivity index (χ1v) is 7.76. The topological polar surface area (TPSA) is 73.6 Å². The average molecular weight is 306 g/mol. The van der Waals surface area contributed by atoms with Crippen LogP contribution in [0.1, 0.15) is 49.0 Å². The van der Waals surface area contributed by atoms with Gasteiger partial charge in [0.15, 0.2) is 0 Å². The van der Waals surface area contributed by atoms with Gasteiger partial charge < -0.3 is 20.5 Å². The number of hydrogen-bond donors (Lipinski definition) is 2. The van der Waals surface area contributed by atoms with E-state index in [1.165, 1.54) is 0 Å². The summed E-state index contributed by atoms with van der Waals surface area (Å²) in [6.07, 6.45) is 0.772. The number of nitrogens with two attached hydrogens (primary N) is 1. The number of rotatable bonds is 5. The lowest BCUT2D eigenvalue weighted by atomic mass is 9.92. The van der Waals surface area contributed by atoms with Gasteiger partial charge in [0, 0.05) is 30.6 Å². The molecule has 2 rings (SSSR count). The van der Waals surface area contributed by atoms with Gasteiger partial charge in [-0.2, -0.15) is 0 Å². The molecule has 0 spiro atoms. The van der Waals surface area contributed by atoms with E-state index < -0.39 is 0 Å². The van der Waals surface area contributed by atoms with Crippen molar-refractivity contribution >= 4 is 5.91 Å². The zero-order chi connectivity index (χ0) is 16.3. The van der Waals surface area contributed by atoms with Crippen LogP contribution >= 0.6 is 0 Å². The monoisotopic (exact) mass is 306 g/mol. The molecular formula is C17H26N2O3. The highest BCUT2D eigenvalue weighted by atomic mass is 16.5. The van der Waals surface area contributed by atoms with Crippen molar-refractivity contribution in [2.24, 2.45) is 11.7 Å². The van der Waals surface area contributed by atoms with E-state index in [2.05, 4.69) is 11.4 Å². The second-order valence-corrected chi connectivity index (χ2v) is 6.19. The summed E-state index contributed by atoms with van der Waals surface area (Å²) in [4.78, 5) is 12.0. The smallest absolute Gasteiger partial charge is 0.223 e.